The number of halogens is 4. The molecule has 0 amide bonds. The monoisotopic (exact) mass is 385 g/mol. The Morgan fingerprint density at radius 2 is 2.00 bits per heavy atom. The molecule has 0 N–H and O–H groups in total. The molecule has 0 fully saturated rings. The van der Waals surface area contributed by atoms with E-state index in [0.29, 0.717) is 10.7 Å². The van der Waals surface area contributed by atoms with Crippen molar-refractivity contribution in [1.82, 2.24) is 15.0 Å². The van der Waals surface area contributed by atoms with Gasteiger partial charge < -0.3 is 4.74 Å². The first-order valence-electron chi connectivity index (χ1n) is 4.82. The maximum atomic E-state index is 12.5. The number of rotatable bonds is 4. The van der Waals surface area contributed by atoms with Crippen molar-refractivity contribution >= 4 is 34.2 Å². The van der Waals surface area contributed by atoms with E-state index in [-0.39, 0.29) is 6.61 Å². The predicted molar refractivity (Wildman–Crippen MR) is 70.1 cm³/mol. The van der Waals surface area contributed by atoms with Crippen molar-refractivity contribution < 1.29 is 13.5 Å². The third-order valence-electron chi connectivity index (χ3n) is 2.02. The van der Waals surface area contributed by atoms with E-state index in [2.05, 4.69) is 15.0 Å². The van der Waals surface area contributed by atoms with E-state index >= 15 is 0 Å². The number of hydrogen-bond donors (Lipinski definition) is 0. The van der Waals surface area contributed by atoms with Crippen molar-refractivity contribution in [3.8, 4) is 5.69 Å². The molecule has 1 aromatic carbocycles. The van der Waals surface area contributed by atoms with Crippen LogP contribution in [0.2, 0.25) is 5.02 Å². The second-order valence-corrected chi connectivity index (χ2v) is 5.06. The summed E-state index contributed by atoms with van der Waals surface area (Å²) in [4.78, 5) is 0. The summed E-state index contributed by atoms with van der Waals surface area (Å²) in [6.45, 7) is -0.302. The van der Waals surface area contributed by atoms with Crippen LogP contribution in [0, 0.1) is 0 Å². The zero-order chi connectivity index (χ0) is 13.2. The fourth-order valence-corrected chi connectivity index (χ4v) is 1.52. The average Bonchev–Trinajstić information content (AvgIpc) is 2.75. The molecule has 0 aliphatic heterocycles. The summed E-state index contributed by atoms with van der Waals surface area (Å²) in [5.41, 5.74) is 1.06. The second kappa shape index (κ2) is 5.45. The molecule has 0 bridgehead atoms. The molecular weight excluding hydrogens is 378 g/mol. The molecule has 2 rings (SSSR count). The van der Waals surface area contributed by atoms with E-state index < -0.39 is 4.12 Å². The highest BCUT2D eigenvalue weighted by Crippen LogP contribution is 2.24. The Bertz CT molecular complexity index is 527. The molecule has 0 aliphatic carbocycles. The van der Waals surface area contributed by atoms with Gasteiger partial charge in [0.15, 0.2) is 0 Å². The quantitative estimate of drug-likeness (QED) is 0.598. The maximum Gasteiger partial charge on any atom is 0.408 e. The lowest BCUT2D eigenvalue weighted by Crippen LogP contribution is -2.10. The van der Waals surface area contributed by atoms with Crippen LogP contribution in [-0.2, 0) is 11.3 Å². The molecule has 0 saturated heterocycles. The van der Waals surface area contributed by atoms with Crippen LogP contribution in [0.1, 0.15) is 5.69 Å². The van der Waals surface area contributed by atoms with Crippen molar-refractivity contribution in [2.75, 3.05) is 0 Å². The molecule has 96 valence electrons. The molecule has 8 heteroatoms. The average molecular weight is 386 g/mol. The van der Waals surface area contributed by atoms with Gasteiger partial charge in [-0.1, -0.05) is 16.8 Å². The molecule has 0 saturated carbocycles. The Morgan fingerprint density at radius 1 is 1.33 bits per heavy atom. The van der Waals surface area contributed by atoms with E-state index in [1.807, 2.05) is 0 Å². The van der Waals surface area contributed by atoms with Crippen molar-refractivity contribution in [3.63, 3.8) is 0 Å². The smallest absolute Gasteiger partial charge is 0.306 e. The van der Waals surface area contributed by atoms with Crippen molar-refractivity contribution in [3.05, 3.63) is 41.2 Å². The fourth-order valence-electron chi connectivity index (χ4n) is 1.24. The minimum Gasteiger partial charge on any atom is -0.306 e. The minimum atomic E-state index is -3.21. The van der Waals surface area contributed by atoms with Gasteiger partial charge in [-0.2, -0.15) is 8.78 Å². The highest BCUT2D eigenvalue weighted by atomic mass is 127. The van der Waals surface area contributed by atoms with Gasteiger partial charge in [-0.05, 0) is 24.3 Å². The molecule has 18 heavy (non-hydrogen) atoms. The lowest BCUT2D eigenvalue weighted by Gasteiger charge is -2.06. The molecule has 4 nitrogen and oxygen atoms in total. The highest BCUT2D eigenvalue weighted by molar-refractivity contribution is 14.1. The van der Waals surface area contributed by atoms with E-state index in [0.717, 1.165) is 28.3 Å². The summed E-state index contributed by atoms with van der Waals surface area (Å²) in [5, 5.41) is 8.15. The number of hydrogen-bond acceptors (Lipinski definition) is 3. The van der Waals surface area contributed by atoms with Gasteiger partial charge in [0.1, 0.15) is 5.69 Å². The lowest BCUT2D eigenvalue weighted by molar-refractivity contribution is -0.154. The number of nitrogens with zero attached hydrogens (tertiary/aromatic N) is 3. The van der Waals surface area contributed by atoms with Gasteiger partial charge in [0.2, 0.25) is 0 Å². The maximum absolute atomic E-state index is 12.5. The Kier molecular flexibility index (Phi) is 4.13. The first-order chi connectivity index (χ1) is 8.44. The van der Waals surface area contributed by atoms with Gasteiger partial charge in [0.25, 0.3) is 0 Å². The Balaban J connectivity index is 2.08. The first kappa shape index (κ1) is 13.6. The minimum absolute atomic E-state index is 0.302. The zero-order valence-corrected chi connectivity index (χ0v) is 11.8. The van der Waals surface area contributed by atoms with Crippen LogP contribution >= 0.6 is 34.2 Å². The molecule has 0 radical (unpaired) electrons. The Morgan fingerprint density at radius 3 is 2.61 bits per heavy atom. The van der Waals surface area contributed by atoms with E-state index in [1.54, 1.807) is 24.3 Å². The Labute approximate surface area is 120 Å². The summed E-state index contributed by atoms with van der Waals surface area (Å²) < 4.78 is 27.5. The normalized spacial score (nSPS) is 11.8. The third kappa shape index (κ3) is 3.85. The number of alkyl halides is 3. The van der Waals surface area contributed by atoms with E-state index in [4.69, 9.17) is 11.6 Å². The topological polar surface area (TPSA) is 39.9 Å². The van der Waals surface area contributed by atoms with E-state index in [1.165, 1.54) is 10.9 Å². The molecule has 2 aromatic rings. The van der Waals surface area contributed by atoms with Crippen LogP contribution in [0.25, 0.3) is 5.69 Å². The zero-order valence-electron chi connectivity index (χ0n) is 8.86. The number of ether oxygens (including phenoxy) is 1. The molecule has 1 aromatic heterocycles. The fraction of sp³-hybridized carbons (Fsp3) is 0.200. The number of aromatic nitrogens is 3. The van der Waals surface area contributed by atoms with Gasteiger partial charge in [-0.15, -0.1) is 5.10 Å². The van der Waals surface area contributed by atoms with Crippen molar-refractivity contribution in [1.29, 1.82) is 0 Å². The van der Waals surface area contributed by atoms with Gasteiger partial charge in [-0.25, -0.2) is 4.68 Å². The molecule has 0 spiro atoms. The summed E-state index contributed by atoms with van der Waals surface area (Å²) in [7, 11) is 0. The molecular formula is C10H7ClF2IN3O. The van der Waals surface area contributed by atoms with Gasteiger partial charge >= 0.3 is 4.12 Å². The van der Waals surface area contributed by atoms with Gasteiger partial charge in [0.05, 0.1) is 18.5 Å². The van der Waals surface area contributed by atoms with Crippen LogP contribution in [0.4, 0.5) is 8.78 Å². The summed E-state index contributed by atoms with van der Waals surface area (Å²) in [5.74, 6) is 0. The van der Waals surface area contributed by atoms with E-state index in [9.17, 15) is 8.78 Å². The van der Waals surface area contributed by atoms with Crippen LogP contribution < -0.4 is 0 Å². The van der Waals surface area contributed by atoms with Crippen LogP contribution in [0.15, 0.2) is 30.5 Å². The Hall–Kier alpha value is -0.800. The van der Waals surface area contributed by atoms with Crippen molar-refractivity contribution in [2.45, 2.75) is 10.7 Å². The SMILES string of the molecule is FC(F)(I)OCc1cn(-c2ccc(Cl)cc2)nn1. The number of benzene rings is 1. The summed E-state index contributed by atoms with van der Waals surface area (Å²) >= 11 is 6.65. The van der Waals surface area contributed by atoms with Crippen LogP contribution in [0.5, 0.6) is 0 Å². The molecule has 0 atom stereocenters. The standard InChI is InChI=1S/C10H7ClF2IN3O/c11-7-1-3-9(4-2-7)17-5-8(15-16-17)6-18-10(12,13)14/h1-5H,6H2. The van der Waals surface area contributed by atoms with Crippen LogP contribution in [-0.4, -0.2) is 19.1 Å². The third-order valence-corrected chi connectivity index (χ3v) is 2.58. The molecule has 0 unspecified atom stereocenters. The van der Waals surface area contributed by atoms with Gasteiger partial charge in [-0.3, -0.25) is 0 Å². The van der Waals surface area contributed by atoms with Crippen molar-refractivity contribution in [2.24, 2.45) is 0 Å². The van der Waals surface area contributed by atoms with Gasteiger partial charge in [0, 0.05) is 27.6 Å². The largest absolute Gasteiger partial charge is 0.408 e. The molecule has 1 heterocycles. The summed E-state index contributed by atoms with van der Waals surface area (Å²) in [6.07, 6.45) is 1.52. The van der Waals surface area contributed by atoms with Crippen LogP contribution in [0.3, 0.4) is 0 Å². The highest BCUT2D eigenvalue weighted by Gasteiger charge is 2.24. The lowest BCUT2D eigenvalue weighted by atomic mass is 10.3. The first-order valence-corrected chi connectivity index (χ1v) is 6.27. The molecule has 0 aliphatic rings. The predicted octanol–water partition coefficient (Wildman–Crippen LogP) is 3.42. The summed E-state index contributed by atoms with van der Waals surface area (Å²) in [6, 6.07) is 6.89. The second-order valence-electron chi connectivity index (χ2n) is 3.37.